The van der Waals surface area contributed by atoms with Gasteiger partial charge in [0.25, 0.3) is 0 Å². The molecule has 1 aromatic heterocycles. The molecule has 1 heterocycles. The Morgan fingerprint density at radius 2 is 2.00 bits per heavy atom. The van der Waals surface area contributed by atoms with Gasteiger partial charge >= 0.3 is 0 Å². The maximum atomic E-state index is 10.4. The second-order valence-electron chi connectivity index (χ2n) is 4.72. The van der Waals surface area contributed by atoms with Gasteiger partial charge in [-0.2, -0.15) is 5.10 Å². The average Bonchev–Trinajstić information content (AvgIpc) is 2.77. The van der Waals surface area contributed by atoms with Gasteiger partial charge in [0, 0.05) is 22.8 Å². The van der Waals surface area contributed by atoms with Crippen LogP contribution in [0.15, 0.2) is 30.5 Å². The molecule has 96 valence electrons. The van der Waals surface area contributed by atoms with Crippen molar-refractivity contribution in [2.24, 2.45) is 0 Å². The summed E-state index contributed by atoms with van der Waals surface area (Å²) >= 11 is 6.18. The van der Waals surface area contributed by atoms with Crippen molar-refractivity contribution in [3.05, 3.63) is 52.3 Å². The molecule has 0 aliphatic carbocycles. The number of aromatic nitrogens is 2. The summed E-state index contributed by atoms with van der Waals surface area (Å²) < 4.78 is 1.81. The maximum absolute atomic E-state index is 10.4. The molecule has 0 spiro atoms. The van der Waals surface area contributed by atoms with Crippen LogP contribution in [0, 0.1) is 6.92 Å². The van der Waals surface area contributed by atoms with Crippen LogP contribution in [-0.2, 0) is 0 Å². The largest absolute Gasteiger partial charge is 0.382 e. The number of aliphatic hydroxyl groups excluding tert-OH is 1. The third-order valence-corrected chi connectivity index (χ3v) is 3.25. The molecule has 2 aromatic rings. The minimum atomic E-state index is -0.747. The van der Waals surface area contributed by atoms with Crippen molar-refractivity contribution >= 4 is 11.6 Å². The Labute approximate surface area is 112 Å². The van der Waals surface area contributed by atoms with Crippen LogP contribution in [0.3, 0.4) is 0 Å². The molecule has 0 aliphatic heterocycles. The van der Waals surface area contributed by atoms with Gasteiger partial charge in [0.15, 0.2) is 0 Å². The molecule has 1 aromatic carbocycles. The van der Waals surface area contributed by atoms with Crippen LogP contribution in [0.4, 0.5) is 0 Å². The Morgan fingerprint density at radius 3 is 2.61 bits per heavy atom. The number of aliphatic hydroxyl groups is 1. The lowest BCUT2D eigenvalue weighted by atomic mass is 10.0. The van der Waals surface area contributed by atoms with Crippen LogP contribution in [0.1, 0.15) is 42.8 Å². The lowest BCUT2D eigenvalue weighted by Crippen LogP contribution is -2.12. The average molecular weight is 265 g/mol. The van der Waals surface area contributed by atoms with Crippen molar-refractivity contribution in [1.82, 2.24) is 9.78 Å². The zero-order chi connectivity index (χ0) is 13.3. The molecule has 0 radical (unpaired) electrons. The molecular weight excluding hydrogens is 248 g/mol. The molecule has 2 rings (SSSR count). The van der Waals surface area contributed by atoms with Crippen LogP contribution >= 0.6 is 11.6 Å². The molecule has 0 fully saturated rings. The summed E-state index contributed by atoms with van der Waals surface area (Å²) in [6, 6.07) is 7.69. The van der Waals surface area contributed by atoms with E-state index in [4.69, 9.17) is 11.6 Å². The van der Waals surface area contributed by atoms with E-state index in [0.717, 1.165) is 11.3 Å². The highest BCUT2D eigenvalue weighted by Crippen LogP contribution is 2.29. The summed E-state index contributed by atoms with van der Waals surface area (Å²) in [7, 11) is 0. The fraction of sp³-hybridized carbons (Fsp3) is 0.357. The lowest BCUT2D eigenvalue weighted by molar-refractivity contribution is 0.205. The van der Waals surface area contributed by atoms with Crippen LogP contribution < -0.4 is 0 Å². The summed E-state index contributed by atoms with van der Waals surface area (Å²) in [5.41, 5.74) is 2.55. The molecular formula is C14H17ClN2O. The highest BCUT2D eigenvalue weighted by atomic mass is 35.5. The summed E-state index contributed by atoms with van der Waals surface area (Å²) in [4.78, 5) is 0. The van der Waals surface area contributed by atoms with Crippen molar-refractivity contribution in [1.29, 1.82) is 0 Å². The van der Waals surface area contributed by atoms with Crippen molar-refractivity contribution in [2.75, 3.05) is 0 Å². The van der Waals surface area contributed by atoms with E-state index in [1.54, 1.807) is 10.9 Å². The number of rotatable bonds is 3. The highest BCUT2D eigenvalue weighted by Gasteiger charge is 2.19. The normalized spacial score (nSPS) is 13.0. The van der Waals surface area contributed by atoms with Gasteiger partial charge < -0.3 is 5.11 Å². The van der Waals surface area contributed by atoms with E-state index in [1.165, 1.54) is 0 Å². The fourth-order valence-electron chi connectivity index (χ4n) is 1.99. The van der Waals surface area contributed by atoms with E-state index < -0.39 is 6.10 Å². The number of halogens is 1. The van der Waals surface area contributed by atoms with Gasteiger partial charge in [-0.1, -0.05) is 23.7 Å². The summed E-state index contributed by atoms with van der Waals surface area (Å²) in [5.74, 6) is 0. The molecule has 0 bridgehead atoms. The molecule has 1 atom stereocenters. The fourth-order valence-corrected chi connectivity index (χ4v) is 2.32. The number of hydrogen-bond acceptors (Lipinski definition) is 2. The predicted octanol–water partition coefficient (Wildman–Crippen LogP) is 3.51. The van der Waals surface area contributed by atoms with E-state index in [-0.39, 0.29) is 6.04 Å². The summed E-state index contributed by atoms with van der Waals surface area (Å²) in [6.45, 7) is 6.03. The third kappa shape index (κ3) is 2.42. The van der Waals surface area contributed by atoms with Crippen LogP contribution in [0.5, 0.6) is 0 Å². The second-order valence-corrected chi connectivity index (χ2v) is 5.13. The number of benzene rings is 1. The first kappa shape index (κ1) is 13.1. The first-order valence-electron chi connectivity index (χ1n) is 5.98. The molecule has 1 N–H and O–H groups in total. The molecule has 0 aliphatic rings. The lowest BCUT2D eigenvalue weighted by Gasteiger charge is -2.17. The maximum Gasteiger partial charge on any atom is 0.122 e. The minimum absolute atomic E-state index is 0.203. The van der Waals surface area contributed by atoms with Gasteiger partial charge in [0.1, 0.15) is 6.10 Å². The van der Waals surface area contributed by atoms with Gasteiger partial charge in [-0.05, 0) is 38.5 Å². The molecule has 0 saturated heterocycles. The van der Waals surface area contributed by atoms with Gasteiger partial charge in [0.05, 0.1) is 5.69 Å². The van der Waals surface area contributed by atoms with Gasteiger partial charge in [0.2, 0.25) is 0 Å². The topological polar surface area (TPSA) is 38.1 Å². The first-order chi connectivity index (χ1) is 8.50. The molecule has 18 heavy (non-hydrogen) atoms. The van der Waals surface area contributed by atoms with E-state index in [2.05, 4.69) is 5.10 Å². The van der Waals surface area contributed by atoms with Gasteiger partial charge in [-0.15, -0.1) is 0 Å². The predicted molar refractivity (Wildman–Crippen MR) is 72.9 cm³/mol. The SMILES string of the molecule is Cc1ccc(C(O)c2ccnn2C(C)C)c(Cl)c1. The quantitative estimate of drug-likeness (QED) is 0.921. The summed E-state index contributed by atoms with van der Waals surface area (Å²) in [5, 5.41) is 15.2. The zero-order valence-electron chi connectivity index (χ0n) is 10.8. The Hall–Kier alpha value is -1.32. The van der Waals surface area contributed by atoms with Crippen molar-refractivity contribution < 1.29 is 5.11 Å². The molecule has 1 unspecified atom stereocenters. The summed E-state index contributed by atoms with van der Waals surface area (Å²) in [6.07, 6.45) is 0.948. The number of aryl methyl sites for hydroxylation is 1. The van der Waals surface area contributed by atoms with E-state index in [1.807, 2.05) is 45.0 Å². The standard InChI is InChI=1S/C14H17ClN2O/c1-9(2)17-13(6-7-16-17)14(18)11-5-4-10(3)8-12(11)15/h4-9,14,18H,1-3H3. The molecule has 0 amide bonds. The zero-order valence-corrected chi connectivity index (χ0v) is 11.5. The third-order valence-electron chi connectivity index (χ3n) is 2.92. The van der Waals surface area contributed by atoms with Crippen molar-refractivity contribution in [2.45, 2.75) is 32.9 Å². The van der Waals surface area contributed by atoms with Crippen molar-refractivity contribution in [3.8, 4) is 0 Å². The van der Waals surface area contributed by atoms with E-state index in [0.29, 0.717) is 10.6 Å². The molecule has 0 saturated carbocycles. The Kier molecular flexibility index (Phi) is 3.73. The number of nitrogens with zero attached hydrogens (tertiary/aromatic N) is 2. The smallest absolute Gasteiger partial charge is 0.122 e. The highest BCUT2D eigenvalue weighted by molar-refractivity contribution is 6.31. The molecule has 3 nitrogen and oxygen atoms in total. The van der Waals surface area contributed by atoms with E-state index >= 15 is 0 Å². The van der Waals surface area contributed by atoms with Gasteiger partial charge in [-0.3, -0.25) is 4.68 Å². The van der Waals surface area contributed by atoms with E-state index in [9.17, 15) is 5.11 Å². The molecule has 4 heteroatoms. The Bertz CT molecular complexity index is 548. The van der Waals surface area contributed by atoms with Gasteiger partial charge in [-0.25, -0.2) is 0 Å². The monoisotopic (exact) mass is 264 g/mol. The first-order valence-corrected chi connectivity index (χ1v) is 6.36. The minimum Gasteiger partial charge on any atom is -0.382 e. The van der Waals surface area contributed by atoms with Crippen LogP contribution in [0.25, 0.3) is 0 Å². The van der Waals surface area contributed by atoms with Crippen molar-refractivity contribution in [3.63, 3.8) is 0 Å². The van der Waals surface area contributed by atoms with Crippen LogP contribution in [-0.4, -0.2) is 14.9 Å². The Morgan fingerprint density at radius 1 is 1.28 bits per heavy atom. The number of hydrogen-bond donors (Lipinski definition) is 1. The Balaban J connectivity index is 2.41. The van der Waals surface area contributed by atoms with Crippen LogP contribution in [0.2, 0.25) is 5.02 Å². The second kappa shape index (κ2) is 5.12.